The SMILES string of the molecule is COc1cc2cc(CN(CCCO)C(=S)NC[C@@H]3CCCO3)c(=O)[nH]c2cc1OC. The highest BCUT2D eigenvalue weighted by atomic mass is 32.1. The monoisotopic (exact) mass is 435 g/mol. The summed E-state index contributed by atoms with van der Waals surface area (Å²) in [6.07, 6.45) is 2.79. The molecule has 1 saturated heterocycles. The zero-order valence-electron chi connectivity index (χ0n) is 17.4. The molecule has 1 aliphatic heterocycles. The second kappa shape index (κ2) is 10.6. The first-order chi connectivity index (χ1) is 14.5. The molecule has 0 saturated carbocycles. The quantitative estimate of drug-likeness (QED) is 0.513. The second-order valence-electron chi connectivity index (χ2n) is 7.24. The van der Waals surface area contributed by atoms with Crippen molar-refractivity contribution in [3.05, 3.63) is 34.1 Å². The number of ether oxygens (including phenoxy) is 3. The molecule has 1 aliphatic rings. The Morgan fingerprint density at radius 1 is 1.33 bits per heavy atom. The number of pyridine rings is 1. The van der Waals surface area contributed by atoms with Gasteiger partial charge in [0.1, 0.15) is 0 Å². The Morgan fingerprint density at radius 2 is 2.10 bits per heavy atom. The Balaban J connectivity index is 1.80. The molecule has 2 aromatic rings. The molecule has 2 heterocycles. The molecule has 3 rings (SSSR count). The molecular weight excluding hydrogens is 406 g/mol. The van der Waals surface area contributed by atoms with Crippen LogP contribution in [0.5, 0.6) is 11.5 Å². The zero-order chi connectivity index (χ0) is 21.5. The van der Waals surface area contributed by atoms with Crippen molar-refractivity contribution in [2.24, 2.45) is 0 Å². The molecule has 0 radical (unpaired) electrons. The highest BCUT2D eigenvalue weighted by Gasteiger charge is 2.18. The van der Waals surface area contributed by atoms with Crippen molar-refractivity contribution in [3.8, 4) is 11.5 Å². The molecule has 1 aromatic carbocycles. The smallest absolute Gasteiger partial charge is 0.253 e. The standard InChI is InChI=1S/C21H29N3O5S/c1-27-18-10-14-9-15(20(26)23-17(14)11-19(18)28-2)13-24(6-4-7-25)21(30)22-12-16-5-3-8-29-16/h9-11,16,25H,3-8,12-13H2,1-2H3,(H,22,30)(H,23,26)/t16-/m0/s1. The Labute approximate surface area is 181 Å². The van der Waals surface area contributed by atoms with Gasteiger partial charge in [0, 0.05) is 43.3 Å². The van der Waals surface area contributed by atoms with Gasteiger partial charge in [-0.2, -0.15) is 0 Å². The number of methoxy groups -OCH3 is 2. The van der Waals surface area contributed by atoms with E-state index in [-0.39, 0.29) is 18.3 Å². The molecule has 0 spiro atoms. The molecule has 0 aliphatic carbocycles. The van der Waals surface area contributed by atoms with Crippen LogP contribution in [-0.4, -0.2) is 66.7 Å². The minimum absolute atomic E-state index is 0.0515. The molecule has 164 valence electrons. The van der Waals surface area contributed by atoms with Gasteiger partial charge in [-0.3, -0.25) is 4.79 Å². The fourth-order valence-electron chi connectivity index (χ4n) is 3.53. The largest absolute Gasteiger partial charge is 0.493 e. The third kappa shape index (κ3) is 5.41. The maximum Gasteiger partial charge on any atom is 0.253 e. The second-order valence-corrected chi connectivity index (χ2v) is 7.62. The number of fused-ring (bicyclic) bond motifs is 1. The summed E-state index contributed by atoms with van der Waals surface area (Å²) in [6, 6.07) is 5.42. The lowest BCUT2D eigenvalue weighted by Gasteiger charge is -2.26. The van der Waals surface area contributed by atoms with Crippen molar-refractivity contribution in [2.75, 3.05) is 40.5 Å². The van der Waals surface area contributed by atoms with E-state index in [4.69, 9.17) is 26.4 Å². The van der Waals surface area contributed by atoms with E-state index in [1.54, 1.807) is 20.3 Å². The number of aliphatic hydroxyl groups is 1. The molecule has 30 heavy (non-hydrogen) atoms. The van der Waals surface area contributed by atoms with E-state index in [0.717, 1.165) is 24.8 Å². The lowest BCUT2D eigenvalue weighted by molar-refractivity contribution is 0.113. The van der Waals surface area contributed by atoms with E-state index in [1.165, 1.54) is 0 Å². The molecule has 1 aromatic heterocycles. The zero-order valence-corrected chi connectivity index (χ0v) is 18.2. The molecule has 1 atom stereocenters. The summed E-state index contributed by atoms with van der Waals surface area (Å²) in [5.74, 6) is 1.14. The van der Waals surface area contributed by atoms with Gasteiger partial charge in [-0.1, -0.05) is 0 Å². The summed E-state index contributed by atoms with van der Waals surface area (Å²) in [5, 5.41) is 13.9. The number of rotatable bonds is 9. The van der Waals surface area contributed by atoms with Crippen molar-refractivity contribution in [3.63, 3.8) is 0 Å². The van der Waals surface area contributed by atoms with Gasteiger partial charge in [0.15, 0.2) is 16.6 Å². The number of H-pyrrole nitrogens is 1. The predicted molar refractivity (Wildman–Crippen MR) is 119 cm³/mol. The van der Waals surface area contributed by atoms with E-state index in [0.29, 0.717) is 53.7 Å². The van der Waals surface area contributed by atoms with Crippen LogP contribution in [0.25, 0.3) is 10.9 Å². The van der Waals surface area contributed by atoms with Crippen molar-refractivity contribution in [1.29, 1.82) is 0 Å². The summed E-state index contributed by atoms with van der Waals surface area (Å²) in [4.78, 5) is 17.5. The Kier molecular flexibility index (Phi) is 7.89. The van der Waals surface area contributed by atoms with Crippen LogP contribution in [0.3, 0.4) is 0 Å². The lowest BCUT2D eigenvalue weighted by atomic mass is 10.1. The number of aromatic amines is 1. The molecule has 8 nitrogen and oxygen atoms in total. The van der Waals surface area contributed by atoms with Gasteiger partial charge in [0.05, 0.1) is 32.4 Å². The third-order valence-corrected chi connectivity index (χ3v) is 5.57. The van der Waals surface area contributed by atoms with Crippen LogP contribution in [0.1, 0.15) is 24.8 Å². The lowest BCUT2D eigenvalue weighted by Crippen LogP contribution is -2.43. The van der Waals surface area contributed by atoms with Crippen molar-refractivity contribution < 1.29 is 19.3 Å². The van der Waals surface area contributed by atoms with Crippen LogP contribution < -0.4 is 20.3 Å². The van der Waals surface area contributed by atoms with E-state index >= 15 is 0 Å². The summed E-state index contributed by atoms with van der Waals surface area (Å²) in [7, 11) is 3.13. The Bertz CT molecular complexity index is 927. The van der Waals surface area contributed by atoms with E-state index < -0.39 is 0 Å². The molecule has 0 unspecified atom stereocenters. The number of hydrogen-bond donors (Lipinski definition) is 3. The first-order valence-electron chi connectivity index (χ1n) is 10.1. The van der Waals surface area contributed by atoms with Crippen LogP contribution in [0.15, 0.2) is 23.0 Å². The third-order valence-electron chi connectivity index (χ3n) is 5.16. The minimum Gasteiger partial charge on any atom is -0.493 e. The van der Waals surface area contributed by atoms with Gasteiger partial charge < -0.3 is 34.5 Å². The summed E-state index contributed by atoms with van der Waals surface area (Å²) in [6.45, 7) is 2.34. The molecule has 3 N–H and O–H groups in total. The number of aromatic nitrogens is 1. The molecule has 1 fully saturated rings. The van der Waals surface area contributed by atoms with E-state index in [9.17, 15) is 9.90 Å². The average Bonchev–Trinajstić information content (AvgIpc) is 3.28. The molecule has 0 amide bonds. The topological polar surface area (TPSA) is 96.0 Å². The highest BCUT2D eigenvalue weighted by Crippen LogP contribution is 2.31. The van der Waals surface area contributed by atoms with Gasteiger partial charge >= 0.3 is 0 Å². The van der Waals surface area contributed by atoms with Crippen LogP contribution in [0.4, 0.5) is 0 Å². The van der Waals surface area contributed by atoms with Gasteiger partial charge in [0.25, 0.3) is 5.56 Å². The molecular formula is C21H29N3O5S. The fraction of sp³-hybridized carbons (Fsp3) is 0.524. The van der Waals surface area contributed by atoms with Crippen molar-refractivity contribution >= 4 is 28.2 Å². The van der Waals surface area contributed by atoms with Gasteiger partial charge in [-0.25, -0.2) is 0 Å². The van der Waals surface area contributed by atoms with Crippen LogP contribution in [-0.2, 0) is 11.3 Å². The normalized spacial score (nSPS) is 15.9. The van der Waals surface area contributed by atoms with Gasteiger partial charge in [0.2, 0.25) is 0 Å². The van der Waals surface area contributed by atoms with Gasteiger partial charge in [-0.05, 0) is 43.6 Å². The number of nitrogens with zero attached hydrogens (tertiary/aromatic N) is 1. The summed E-state index contributed by atoms with van der Waals surface area (Å²) in [5.41, 5.74) is 1.06. The number of aliphatic hydroxyl groups excluding tert-OH is 1. The molecule has 0 bridgehead atoms. The van der Waals surface area contributed by atoms with Crippen LogP contribution in [0.2, 0.25) is 0 Å². The maximum absolute atomic E-state index is 12.7. The van der Waals surface area contributed by atoms with E-state index in [1.807, 2.05) is 17.0 Å². The first kappa shape index (κ1) is 22.3. The van der Waals surface area contributed by atoms with Crippen molar-refractivity contribution in [2.45, 2.75) is 31.9 Å². The van der Waals surface area contributed by atoms with Crippen LogP contribution in [0, 0.1) is 0 Å². The number of hydrogen-bond acceptors (Lipinski definition) is 6. The Hall–Kier alpha value is -2.36. The average molecular weight is 436 g/mol. The van der Waals surface area contributed by atoms with Crippen LogP contribution >= 0.6 is 12.2 Å². The number of thiocarbonyl (C=S) groups is 1. The summed E-state index contributed by atoms with van der Waals surface area (Å²) >= 11 is 5.56. The highest BCUT2D eigenvalue weighted by molar-refractivity contribution is 7.80. The van der Waals surface area contributed by atoms with E-state index in [2.05, 4.69) is 10.3 Å². The molecule has 9 heteroatoms. The van der Waals surface area contributed by atoms with Gasteiger partial charge in [-0.15, -0.1) is 0 Å². The fourth-order valence-corrected chi connectivity index (χ4v) is 3.77. The maximum atomic E-state index is 12.7. The predicted octanol–water partition coefficient (Wildman–Crippen LogP) is 1.78. The first-order valence-corrected chi connectivity index (χ1v) is 10.5. The number of benzene rings is 1. The number of nitrogens with one attached hydrogen (secondary N) is 2. The van der Waals surface area contributed by atoms with Crippen molar-refractivity contribution in [1.82, 2.24) is 15.2 Å². The Morgan fingerprint density at radius 3 is 2.77 bits per heavy atom. The summed E-state index contributed by atoms with van der Waals surface area (Å²) < 4.78 is 16.3. The minimum atomic E-state index is -0.189.